The van der Waals surface area contributed by atoms with Crippen LogP contribution in [0.1, 0.15) is 19.8 Å². The van der Waals surface area contributed by atoms with Crippen molar-refractivity contribution >= 4 is 5.97 Å². The second-order valence-corrected chi connectivity index (χ2v) is 3.27. The number of carbonyl (C=O) groups excluding carboxylic acids is 1. The number of hydrogen-bond acceptors (Lipinski definition) is 2. The minimum Gasteiger partial charge on any atom is -0.465 e. The molecule has 10 heavy (non-hydrogen) atoms. The first-order valence-electron chi connectivity index (χ1n) is 4.01. The number of fused-ring (bicyclic) bond motifs is 1. The van der Waals surface area contributed by atoms with E-state index in [2.05, 4.69) is 6.92 Å². The van der Waals surface area contributed by atoms with Crippen molar-refractivity contribution in [1.82, 2.24) is 0 Å². The van der Waals surface area contributed by atoms with E-state index < -0.39 is 0 Å². The van der Waals surface area contributed by atoms with E-state index in [0.717, 1.165) is 0 Å². The molecule has 1 heterocycles. The molecule has 0 aromatic carbocycles. The Bertz CT molecular complexity index is 165. The van der Waals surface area contributed by atoms with Crippen LogP contribution in [0.5, 0.6) is 0 Å². The Morgan fingerprint density at radius 1 is 1.70 bits per heavy atom. The van der Waals surface area contributed by atoms with Crippen LogP contribution < -0.4 is 0 Å². The molecule has 0 spiro atoms. The molecule has 56 valence electrons. The molecule has 0 N–H and O–H groups in total. The summed E-state index contributed by atoms with van der Waals surface area (Å²) < 4.78 is 4.85. The Morgan fingerprint density at radius 3 is 3.00 bits per heavy atom. The smallest absolute Gasteiger partial charge is 0.309 e. The normalized spacial score (nSPS) is 42.9. The van der Waals surface area contributed by atoms with Crippen molar-refractivity contribution in [2.45, 2.75) is 19.8 Å². The second-order valence-electron chi connectivity index (χ2n) is 3.27. The quantitative estimate of drug-likeness (QED) is 0.539. The van der Waals surface area contributed by atoms with Crippen LogP contribution in [0, 0.1) is 17.8 Å². The highest BCUT2D eigenvalue weighted by Crippen LogP contribution is 2.53. The third-order valence-electron chi connectivity index (χ3n) is 2.64. The first-order chi connectivity index (χ1) is 4.84. The fraction of sp³-hybridized carbons (Fsp3) is 0.875. The van der Waals surface area contributed by atoms with Crippen molar-refractivity contribution in [2.75, 3.05) is 6.61 Å². The molecular weight excluding hydrogens is 128 g/mol. The lowest BCUT2D eigenvalue weighted by molar-refractivity contribution is -0.141. The summed E-state index contributed by atoms with van der Waals surface area (Å²) in [4.78, 5) is 10.9. The van der Waals surface area contributed by atoms with Crippen LogP contribution in [-0.2, 0) is 9.53 Å². The fourth-order valence-electron chi connectivity index (χ4n) is 2.02. The first kappa shape index (κ1) is 6.20. The number of rotatable bonds is 2. The lowest BCUT2D eigenvalue weighted by Gasteiger charge is -2.00. The van der Waals surface area contributed by atoms with Crippen LogP contribution in [0.25, 0.3) is 0 Å². The fourth-order valence-corrected chi connectivity index (χ4v) is 2.02. The molecule has 1 saturated heterocycles. The van der Waals surface area contributed by atoms with E-state index >= 15 is 0 Å². The maximum Gasteiger partial charge on any atom is 0.309 e. The first-order valence-corrected chi connectivity index (χ1v) is 4.01. The van der Waals surface area contributed by atoms with Crippen molar-refractivity contribution < 1.29 is 9.53 Å². The van der Waals surface area contributed by atoms with E-state index in [4.69, 9.17) is 4.74 Å². The average molecular weight is 140 g/mol. The maximum absolute atomic E-state index is 10.9. The Hall–Kier alpha value is -0.530. The monoisotopic (exact) mass is 140 g/mol. The molecule has 0 unspecified atom stereocenters. The standard InChI is InChI=1S/C8H12O2/c1-2-3-5-6-4-10-8(9)7(5)6/h5-7H,2-4H2,1H3/t5-,6+,7-/m1/s1. The molecular formula is C8H12O2. The second kappa shape index (κ2) is 1.97. The van der Waals surface area contributed by atoms with Gasteiger partial charge in [0.15, 0.2) is 0 Å². The van der Waals surface area contributed by atoms with Gasteiger partial charge in [-0.3, -0.25) is 4.79 Å². The Balaban J connectivity index is 1.92. The van der Waals surface area contributed by atoms with Crippen LogP contribution in [-0.4, -0.2) is 12.6 Å². The molecule has 1 aliphatic carbocycles. The van der Waals surface area contributed by atoms with Crippen molar-refractivity contribution in [3.63, 3.8) is 0 Å². The van der Waals surface area contributed by atoms with Gasteiger partial charge >= 0.3 is 5.97 Å². The molecule has 2 nitrogen and oxygen atoms in total. The van der Waals surface area contributed by atoms with Crippen molar-refractivity contribution in [1.29, 1.82) is 0 Å². The maximum atomic E-state index is 10.9. The summed E-state index contributed by atoms with van der Waals surface area (Å²) in [6, 6.07) is 0. The van der Waals surface area contributed by atoms with Gasteiger partial charge in [0.25, 0.3) is 0 Å². The highest BCUT2D eigenvalue weighted by Gasteiger charge is 2.59. The van der Waals surface area contributed by atoms with Crippen molar-refractivity contribution in [3.05, 3.63) is 0 Å². The van der Waals surface area contributed by atoms with Crippen LogP contribution in [0.3, 0.4) is 0 Å². The Labute approximate surface area is 60.6 Å². The van der Waals surface area contributed by atoms with Crippen LogP contribution in [0.15, 0.2) is 0 Å². The minimum absolute atomic E-state index is 0.0588. The van der Waals surface area contributed by atoms with E-state index in [9.17, 15) is 4.79 Å². The third kappa shape index (κ3) is 0.678. The average Bonchev–Trinajstić information content (AvgIpc) is 2.45. The summed E-state index contributed by atoms with van der Waals surface area (Å²) in [5.41, 5.74) is 0. The van der Waals surface area contributed by atoms with Gasteiger partial charge in [0.05, 0.1) is 12.5 Å². The molecule has 1 saturated carbocycles. The third-order valence-corrected chi connectivity index (χ3v) is 2.64. The van der Waals surface area contributed by atoms with E-state index in [1.165, 1.54) is 12.8 Å². The number of ether oxygens (including phenoxy) is 1. The molecule has 0 aromatic heterocycles. The lowest BCUT2D eigenvalue weighted by Crippen LogP contribution is -2.04. The van der Waals surface area contributed by atoms with Gasteiger partial charge < -0.3 is 4.74 Å². The van der Waals surface area contributed by atoms with Gasteiger partial charge in [-0.1, -0.05) is 13.3 Å². The zero-order chi connectivity index (χ0) is 7.14. The van der Waals surface area contributed by atoms with Crippen LogP contribution in [0.4, 0.5) is 0 Å². The van der Waals surface area contributed by atoms with Gasteiger partial charge in [0.2, 0.25) is 0 Å². The van der Waals surface area contributed by atoms with Gasteiger partial charge in [-0.15, -0.1) is 0 Å². The largest absolute Gasteiger partial charge is 0.465 e. The molecule has 0 bridgehead atoms. The van der Waals surface area contributed by atoms with Crippen LogP contribution in [0.2, 0.25) is 0 Å². The molecule has 2 heteroatoms. The summed E-state index contributed by atoms with van der Waals surface area (Å²) in [5, 5.41) is 0. The molecule has 0 amide bonds. The molecule has 2 rings (SSSR count). The summed E-state index contributed by atoms with van der Waals surface area (Å²) in [6.45, 7) is 2.87. The van der Waals surface area contributed by atoms with Gasteiger partial charge in [-0.2, -0.15) is 0 Å². The SMILES string of the molecule is CCC[C@@H]1[C@@H]2COC(=O)[C@H]12. The zero-order valence-corrected chi connectivity index (χ0v) is 6.17. The minimum atomic E-state index is 0.0588. The number of esters is 1. The van der Waals surface area contributed by atoms with E-state index in [1.807, 2.05) is 0 Å². The topological polar surface area (TPSA) is 26.3 Å². The number of hydrogen-bond donors (Lipinski definition) is 0. The Morgan fingerprint density at radius 2 is 2.50 bits per heavy atom. The molecule has 1 aliphatic heterocycles. The summed E-state index contributed by atoms with van der Waals surface area (Å²) in [7, 11) is 0. The van der Waals surface area contributed by atoms with Gasteiger partial charge in [-0.25, -0.2) is 0 Å². The highest BCUT2D eigenvalue weighted by molar-refractivity contribution is 5.78. The summed E-state index contributed by atoms with van der Waals surface area (Å²) in [6.07, 6.45) is 2.41. The summed E-state index contributed by atoms with van der Waals surface area (Å²) in [5.74, 6) is 1.65. The molecule has 2 fully saturated rings. The van der Waals surface area contributed by atoms with Crippen LogP contribution >= 0.6 is 0 Å². The molecule has 3 atom stereocenters. The van der Waals surface area contributed by atoms with Crippen molar-refractivity contribution in [2.24, 2.45) is 17.8 Å². The van der Waals surface area contributed by atoms with Crippen molar-refractivity contribution in [3.8, 4) is 0 Å². The molecule has 2 aliphatic rings. The highest BCUT2D eigenvalue weighted by atomic mass is 16.5. The number of carbonyl (C=O) groups is 1. The van der Waals surface area contributed by atoms with Gasteiger partial charge in [0.1, 0.15) is 0 Å². The van der Waals surface area contributed by atoms with E-state index in [-0.39, 0.29) is 5.97 Å². The molecule has 0 aromatic rings. The summed E-state index contributed by atoms with van der Waals surface area (Å²) >= 11 is 0. The predicted molar refractivity (Wildman–Crippen MR) is 36.3 cm³/mol. The Kier molecular flexibility index (Phi) is 1.22. The number of cyclic esters (lactones) is 1. The zero-order valence-electron chi connectivity index (χ0n) is 6.17. The van der Waals surface area contributed by atoms with Gasteiger partial charge in [0, 0.05) is 5.92 Å². The van der Waals surface area contributed by atoms with E-state index in [0.29, 0.717) is 24.4 Å². The predicted octanol–water partition coefficient (Wildman–Crippen LogP) is 1.21. The van der Waals surface area contributed by atoms with E-state index in [1.54, 1.807) is 0 Å². The lowest BCUT2D eigenvalue weighted by atomic mass is 10.2. The molecule has 0 radical (unpaired) electrons. The van der Waals surface area contributed by atoms with Gasteiger partial charge in [-0.05, 0) is 12.3 Å².